The molecule has 2 radical (unpaired) electrons. The van der Waals surface area contributed by atoms with E-state index in [4.69, 9.17) is 14.2 Å². The zero-order valence-corrected chi connectivity index (χ0v) is 21.4. The van der Waals surface area contributed by atoms with Crippen LogP contribution in [0.25, 0.3) is 0 Å². The molecule has 0 unspecified atom stereocenters. The maximum absolute atomic E-state index is 13.7. The van der Waals surface area contributed by atoms with E-state index in [0.29, 0.717) is 11.5 Å². The lowest BCUT2D eigenvalue weighted by Crippen LogP contribution is -2.21. The predicted octanol–water partition coefficient (Wildman–Crippen LogP) is 4.70. The van der Waals surface area contributed by atoms with Gasteiger partial charge in [0, 0.05) is 18.2 Å². The summed E-state index contributed by atoms with van der Waals surface area (Å²) >= 11 is 0. The van der Waals surface area contributed by atoms with Crippen LogP contribution >= 0.6 is 0 Å². The molecule has 2 N–H and O–H groups in total. The summed E-state index contributed by atoms with van der Waals surface area (Å²) in [4.78, 5) is -1.26. The highest BCUT2D eigenvalue weighted by Gasteiger charge is 2.32. The summed E-state index contributed by atoms with van der Waals surface area (Å²) in [6.07, 6.45) is 0. The molecule has 9 nitrogen and oxygen atoms in total. The minimum absolute atomic E-state index is 0.160. The first-order valence-corrected chi connectivity index (χ1v) is 13.7. The van der Waals surface area contributed by atoms with E-state index in [1.54, 1.807) is 48.5 Å². The van der Waals surface area contributed by atoms with Gasteiger partial charge in [-0.05, 0) is 54.6 Å². The molecule has 4 aromatic rings. The van der Waals surface area contributed by atoms with Crippen molar-refractivity contribution in [2.75, 3.05) is 23.7 Å². The fraction of sp³-hybridized carbons (Fsp3) is 0.0769. The third-order valence-electron chi connectivity index (χ3n) is 4.98. The monoisotopic (exact) mass is 538 g/mol. The standard InChI is InChI=1S/C26H22N2O7S2/c1-33-22-13-6-9-19(17-22)27-36(29,30)25-16-8-15-24(35-21-11-4-3-5-12-21)26(25)37(31,32)28-20-10-7-14-23(18-20)34-2/h4-15,17-18,27-28H,1-2H3. The highest BCUT2D eigenvalue weighted by molar-refractivity contribution is 7.95. The zero-order chi connectivity index (χ0) is 26.5. The summed E-state index contributed by atoms with van der Waals surface area (Å²) < 4.78 is 75.2. The van der Waals surface area contributed by atoms with E-state index >= 15 is 0 Å². The largest absolute Gasteiger partial charge is 0.497 e. The third-order valence-corrected chi connectivity index (χ3v) is 7.92. The second-order valence-electron chi connectivity index (χ2n) is 7.51. The van der Waals surface area contributed by atoms with Crippen molar-refractivity contribution in [3.63, 3.8) is 0 Å². The van der Waals surface area contributed by atoms with E-state index in [1.165, 1.54) is 50.6 Å². The fourth-order valence-electron chi connectivity index (χ4n) is 3.33. The van der Waals surface area contributed by atoms with Gasteiger partial charge in [0.25, 0.3) is 20.0 Å². The van der Waals surface area contributed by atoms with Crippen molar-refractivity contribution in [1.82, 2.24) is 0 Å². The molecule has 0 heterocycles. The Balaban J connectivity index is 1.83. The van der Waals surface area contributed by atoms with Gasteiger partial charge in [0.1, 0.15) is 27.9 Å². The molecule has 0 spiro atoms. The second kappa shape index (κ2) is 10.8. The van der Waals surface area contributed by atoms with Gasteiger partial charge >= 0.3 is 0 Å². The van der Waals surface area contributed by atoms with E-state index in [0.717, 1.165) is 0 Å². The van der Waals surface area contributed by atoms with Crippen molar-refractivity contribution in [3.8, 4) is 23.0 Å². The summed E-state index contributed by atoms with van der Waals surface area (Å²) in [5.41, 5.74) is 0.328. The molecule has 0 aromatic heterocycles. The van der Waals surface area contributed by atoms with Gasteiger partial charge in [-0.2, -0.15) is 0 Å². The first-order chi connectivity index (χ1) is 17.7. The Hall–Kier alpha value is -4.22. The Bertz CT molecular complexity index is 1610. The van der Waals surface area contributed by atoms with Crippen molar-refractivity contribution in [1.29, 1.82) is 0 Å². The van der Waals surface area contributed by atoms with Crippen molar-refractivity contribution in [2.24, 2.45) is 0 Å². The molecule has 0 aliphatic carbocycles. The summed E-state index contributed by atoms with van der Waals surface area (Å²) in [6, 6.07) is 26.7. The summed E-state index contributed by atoms with van der Waals surface area (Å²) in [5, 5.41) is 0. The molecule has 0 saturated carbocycles. The zero-order valence-electron chi connectivity index (χ0n) is 19.8. The smallest absolute Gasteiger partial charge is 0.267 e. The van der Waals surface area contributed by atoms with E-state index in [9.17, 15) is 16.8 Å². The van der Waals surface area contributed by atoms with Crippen LogP contribution in [0.4, 0.5) is 11.4 Å². The summed E-state index contributed by atoms with van der Waals surface area (Å²) in [7, 11) is -6.10. The first kappa shape index (κ1) is 25.9. The maximum Gasteiger partial charge on any atom is 0.267 e. The Morgan fingerprint density at radius 3 is 1.81 bits per heavy atom. The Morgan fingerprint density at radius 1 is 0.676 bits per heavy atom. The number of ether oxygens (including phenoxy) is 3. The Kier molecular flexibility index (Phi) is 7.55. The molecule has 190 valence electrons. The maximum atomic E-state index is 13.7. The van der Waals surface area contributed by atoms with Gasteiger partial charge in [0.15, 0.2) is 4.90 Å². The molecule has 0 atom stereocenters. The van der Waals surface area contributed by atoms with E-state index in [-0.39, 0.29) is 22.9 Å². The van der Waals surface area contributed by atoms with Gasteiger partial charge in [-0.15, -0.1) is 0 Å². The average molecular weight is 539 g/mol. The minimum Gasteiger partial charge on any atom is -0.497 e. The molecule has 0 amide bonds. The number of sulfonamides is 2. The SMILES string of the molecule is COc1cccc(NS(=O)(=O)c2[c]ccc(Oc3cc[c]cc3)c2S(=O)(=O)Nc2cccc(OC)c2)c1. The molecule has 0 aliphatic rings. The number of anilines is 2. The van der Waals surface area contributed by atoms with Crippen LogP contribution in [0, 0.1) is 12.1 Å². The molecule has 37 heavy (non-hydrogen) atoms. The van der Waals surface area contributed by atoms with E-state index in [2.05, 4.69) is 21.6 Å². The average Bonchev–Trinajstić information content (AvgIpc) is 2.89. The van der Waals surface area contributed by atoms with Crippen molar-refractivity contribution < 1.29 is 31.0 Å². The van der Waals surface area contributed by atoms with Crippen LogP contribution in [0.2, 0.25) is 0 Å². The van der Waals surface area contributed by atoms with Gasteiger partial charge in [-0.1, -0.05) is 24.3 Å². The molecule has 0 aliphatic heterocycles. The van der Waals surface area contributed by atoms with Crippen LogP contribution in [0.1, 0.15) is 0 Å². The number of hydrogen-bond donors (Lipinski definition) is 2. The number of rotatable bonds is 10. The van der Waals surface area contributed by atoms with Gasteiger partial charge in [0.2, 0.25) is 0 Å². The van der Waals surface area contributed by atoms with Gasteiger partial charge in [0.05, 0.1) is 25.6 Å². The van der Waals surface area contributed by atoms with Gasteiger partial charge in [-0.25, -0.2) is 16.8 Å². The molecule has 0 bridgehead atoms. The highest BCUT2D eigenvalue weighted by Crippen LogP contribution is 2.36. The Labute approximate surface area is 215 Å². The quantitative estimate of drug-likeness (QED) is 0.300. The lowest BCUT2D eigenvalue weighted by molar-refractivity contribution is 0.415. The molecule has 4 rings (SSSR count). The lowest BCUT2D eigenvalue weighted by atomic mass is 10.3. The number of methoxy groups -OCH3 is 2. The lowest BCUT2D eigenvalue weighted by Gasteiger charge is -2.18. The van der Waals surface area contributed by atoms with Crippen LogP contribution in [-0.4, -0.2) is 31.1 Å². The summed E-state index contributed by atoms with van der Waals surface area (Å²) in [6.45, 7) is 0. The number of nitrogens with one attached hydrogen (secondary N) is 2. The van der Waals surface area contributed by atoms with Crippen molar-refractivity contribution >= 4 is 31.4 Å². The van der Waals surface area contributed by atoms with Crippen LogP contribution in [-0.2, 0) is 20.0 Å². The topological polar surface area (TPSA) is 120 Å². The van der Waals surface area contributed by atoms with Crippen LogP contribution in [0.3, 0.4) is 0 Å². The predicted molar refractivity (Wildman–Crippen MR) is 138 cm³/mol. The van der Waals surface area contributed by atoms with Crippen molar-refractivity contribution in [2.45, 2.75) is 9.79 Å². The minimum atomic E-state index is -4.52. The van der Waals surface area contributed by atoms with Gasteiger partial charge < -0.3 is 14.2 Å². The molecular formula is C26H22N2O7S2. The second-order valence-corrected chi connectivity index (χ2v) is 10.8. The van der Waals surface area contributed by atoms with E-state index in [1.807, 2.05) is 0 Å². The third kappa shape index (κ3) is 6.13. The molecule has 4 aromatic carbocycles. The van der Waals surface area contributed by atoms with E-state index < -0.39 is 29.8 Å². The molecule has 11 heteroatoms. The van der Waals surface area contributed by atoms with Crippen molar-refractivity contribution in [3.05, 3.63) is 97.1 Å². The highest BCUT2D eigenvalue weighted by atomic mass is 32.2. The molecular weight excluding hydrogens is 516 g/mol. The Morgan fingerprint density at radius 2 is 1.24 bits per heavy atom. The van der Waals surface area contributed by atoms with Crippen LogP contribution < -0.4 is 23.7 Å². The molecule has 0 fully saturated rings. The van der Waals surface area contributed by atoms with Crippen LogP contribution in [0.5, 0.6) is 23.0 Å². The van der Waals surface area contributed by atoms with Crippen LogP contribution in [0.15, 0.2) is 94.7 Å². The molecule has 0 saturated heterocycles. The fourth-order valence-corrected chi connectivity index (χ4v) is 6.32. The number of benzene rings is 4. The van der Waals surface area contributed by atoms with Gasteiger partial charge in [-0.3, -0.25) is 9.44 Å². The number of hydrogen-bond acceptors (Lipinski definition) is 7. The normalized spacial score (nSPS) is 11.4. The first-order valence-electron chi connectivity index (χ1n) is 10.7. The summed E-state index contributed by atoms with van der Waals surface area (Å²) in [5.74, 6) is 0.886.